The number of ether oxygens (including phenoxy) is 1. The number of hydrogen-bond acceptors (Lipinski definition) is 3. The number of carbonyl (C=O) groups excluding carboxylic acids is 1. The van der Waals surface area contributed by atoms with Crippen LogP contribution in [0.2, 0.25) is 0 Å². The lowest BCUT2D eigenvalue weighted by atomic mass is 10.1. The summed E-state index contributed by atoms with van der Waals surface area (Å²) in [7, 11) is 1.62. The van der Waals surface area contributed by atoms with Gasteiger partial charge in [0.2, 0.25) is 0 Å². The number of nitrogens with zero attached hydrogens (tertiary/aromatic N) is 1. The molecule has 6 heteroatoms. The Morgan fingerprint density at radius 3 is 2.67 bits per heavy atom. The van der Waals surface area contributed by atoms with Gasteiger partial charge in [-0.3, -0.25) is 9.59 Å². The molecular weight excluding hydrogens is 344 g/mol. The highest BCUT2D eigenvalue weighted by Gasteiger charge is 2.26. The molecule has 1 aromatic heterocycles. The Morgan fingerprint density at radius 2 is 2.04 bits per heavy atom. The number of nitrogens with one attached hydrogen (secondary N) is 1. The number of methoxy groups -OCH3 is 1. The third kappa shape index (κ3) is 3.94. The Labute approximate surface area is 159 Å². The average molecular weight is 372 g/mol. The summed E-state index contributed by atoms with van der Waals surface area (Å²) in [5, 5.41) is 12.7. The van der Waals surface area contributed by atoms with Crippen LogP contribution in [0.4, 0.5) is 0 Å². The van der Waals surface area contributed by atoms with E-state index < -0.39 is 5.97 Å². The lowest BCUT2D eigenvalue weighted by Crippen LogP contribution is -2.33. The van der Waals surface area contributed by atoms with Crippen LogP contribution in [0, 0.1) is 6.92 Å². The van der Waals surface area contributed by atoms with Crippen molar-refractivity contribution in [2.75, 3.05) is 7.11 Å². The van der Waals surface area contributed by atoms with Gasteiger partial charge in [-0.05, 0) is 51.3 Å². The molecule has 6 nitrogen and oxygen atoms in total. The van der Waals surface area contributed by atoms with Gasteiger partial charge < -0.3 is 19.7 Å². The summed E-state index contributed by atoms with van der Waals surface area (Å²) in [6.07, 6.45) is 5.14. The number of carboxylic acids is 1. The summed E-state index contributed by atoms with van der Waals surface area (Å²) in [6, 6.07) is 6.11. The maximum absolute atomic E-state index is 13.0. The Kier molecular flexibility index (Phi) is 5.73. The van der Waals surface area contributed by atoms with E-state index in [2.05, 4.69) is 9.88 Å². The molecular formula is C21H28N2O4. The van der Waals surface area contributed by atoms with Crippen LogP contribution in [0.15, 0.2) is 18.2 Å². The molecule has 27 heavy (non-hydrogen) atoms. The highest BCUT2D eigenvalue weighted by Crippen LogP contribution is 2.38. The Bertz CT molecular complexity index is 849. The number of rotatable bonds is 7. The van der Waals surface area contributed by atoms with E-state index in [1.54, 1.807) is 7.11 Å². The number of hydrogen-bond donors (Lipinski definition) is 2. The fourth-order valence-electron chi connectivity index (χ4n) is 4.18. The van der Waals surface area contributed by atoms with Crippen LogP contribution in [0.3, 0.4) is 0 Å². The van der Waals surface area contributed by atoms with Crippen molar-refractivity contribution in [3.8, 4) is 5.75 Å². The molecule has 1 atom stereocenters. The maximum atomic E-state index is 13.0. The maximum Gasteiger partial charge on any atom is 0.303 e. The smallest absolute Gasteiger partial charge is 0.303 e. The van der Waals surface area contributed by atoms with Gasteiger partial charge in [0.15, 0.2) is 0 Å². The molecule has 0 radical (unpaired) electrons. The van der Waals surface area contributed by atoms with E-state index >= 15 is 0 Å². The number of aliphatic carboxylic acids is 1. The Balaban J connectivity index is 1.98. The second kappa shape index (κ2) is 8.03. The van der Waals surface area contributed by atoms with Crippen molar-refractivity contribution in [1.29, 1.82) is 0 Å². The topological polar surface area (TPSA) is 80.6 Å². The predicted octanol–water partition coefficient (Wildman–Crippen LogP) is 4.06. The van der Waals surface area contributed by atoms with Crippen molar-refractivity contribution in [2.45, 2.75) is 64.5 Å². The van der Waals surface area contributed by atoms with Gasteiger partial charge in [0.1, 0.15) is 5.75 Å². The van der Waals surface area contributed by atoms with Crippen LogP contribution in [-0.2, 0) is 4.79 Å². The monoisotopic (exact) mass is 372 g/mol. The van der Waals surface area contributed by atoms with Crippen molar-refractivity contribution in [3.63, 3.8) is 0 Å². The standard InChI is InChI=1S/C21H28N2O4/c1-13(8-11-19(24)25)22-21(26)20-14(2)23(15-6-4-5-7-15)18-10-9-16(27-3)12-17(18)20/h9-10,12-13,15H,4-8,11H2,1-3H3,(H,22,26)(H,24,25). The van der Waals surface area contributed by atoms with E-state index in [1.165, 1.54) is 12.8 Å². The number of carboxylic acid groups (broad SMARTS) is 1. The zero-order valence-corrected chi connectivity index (χ0v) is 16.2. The normalized spacial score (nSPS) is 15.8. The van der Waals surface area contributed by atoms with E-state index in [9.17, 15) is 9.59 Å². The number of benzene rings is 1. The van der Waals surface area contributed by atoms with Crippen LogP contribution < -0.4 is 10.1 Å². The molecule has 0 bridgehead atoms. The molecule has 1 heterocycles. The second-order valence-electron chi connectivity index (χ2n) is 7.46. The minimum Gasteiger partial charge on any atom is -0.497 e. The van der Waals surface area contributed by atoms with Crippen molar-refractivity contribution < 1.29 is 19.4 Å². The lowest BCUT2D eigenvalue weighted by Gasteiger charge is -2.17. The summed E-state index contributed by atoms with van der Waals surface area (Å²) in [6.45, 7) is 3.84. The van der Waals surface area contributed by atoms with E-state index in [1.807, 2.05) is 32.0 Å². The minimum atomic E-state index is -0.852. The minimum absolute atomic E-state index is 0.0398. The number of amides is 1. The van der Waals surface area contributed by atoms with Gasteiger partial charge in [-0.15, -0.1) is 0 Å². The first kappa shape index (κ1) is 19.3. The summed E-state index contributed by atoms with van der Waals surface area (Å²) in [4.78, 5) is 23.8. The van der Waals surface area contributed by atoms with E-state index in [-0.39, 0.29) is 18.4 Å². The van der Waals surface area contributed by atoms with Gasteiger partial charge in [0, 0.05) is 35.1 Å². The molecule has 2 N–H and O–H groups in total. The number of carbonyl (C=O) groups is 2. The highest BCUT2D eigenvalue weighted by molar-refractivity contribution is 6.09. The molecule has 3 rings (SSSR count). The molecule has 1 aliphatic carbocycles. The molecule has 1 fully saturated rings. The number of aromatic nitrogens is 1. The van der Waals surface area contributed by atoms with Gasteiger partial charge in [-0.25, -0.2) is 0 Å². The van der Waals surface area contributed by atoms with Gasteiger partial charge >= 0.3 is 5.97 Å². The summed E-state index contributed by atoms with van der Waals surface area (Å²) in [5.41, 5.74) is 2.69. The SMILES string of the molecule is COc1ccc2c(c1)c(C(=O)NC(C)CCC(=O)O)c(C)n2C1CCCC1. The first-order valence-corrected chi connectivity index (χ1v) is 9.63. The Hall–Kier alpha value is -2.50. The van der Waals surface area contributed by atoms with Crippen LogP contribution in [-0.4, -0.2) is 34.7 Å². The zero-order valence-electron chi connectivity index (χ0n) is 16.2. The van der Waals surface area contributed by atoms with E-state index in [0.29, 0.717) is 18.0 Å². The van der Waals surface area contributed by atoms with Crippen molar-refractivity contribution >= 4 is 22.8 Å². The predicted molar refractivity (Wildman–Crippen MR) is 105 cm³/mol. The van der Waals surface area contributed by atoms with Gasteiger partial charge in [0.25, 0.3) is 5.91 Å². The third-order valence-electron chi connectivity index (χ3n) is 5.54. The van der Waals surface area contributed by atoms with Crippen LogP contribution >= 0.6 is 0 Å². The Morgan fingerprint density at radius 1 is 1.33 bits per heavy atom. The summed E-state index contributed by atoms with van der Waals surface area (Å²) < 4.78 is 7.68. The molecule has 1 amide bonds. The summed E-state index contributed by atoms with van der Waals surface area (Å²) in [5.74, 6) is -0.283. The first-order chi connectivity index (χ1) is 12.9. The molecule has 0 saturated heterocycles. The van der Waals surface area contributed by atoms with Crippen molar-refractivity contribution in [3.05, 3.63) is 29.5 Å². The van der Waals surface area contributed by atoms with Gasteiger partial charge in [0.05, 0.1) is 12.7 Å². The van der Waals surface area contributed by atoms with Crippen LogP contribution in [0.1, 0.15) is 67.5 Å². The lowest BCUT2D eigenvalue weighted by molar-refractivity contribution is -0.137. The zero-order chi connectivity index (χ0) is 19.6. The number of fused-ring (bicyclic) bond motifs is 1. The molecule has 1 aliphatic rings. The second-order valence-corrected chi connectivity index (χ2v) is 7.46. The highest BCUT2D eigenvalue weighted by atomic mass is 16.5. The van der Waals surface area contributed by atoms with Gasteiger partial charge in [-0.1, -0.05) is 12.8 Å². The third-order valence-corrected chi connectivity index (χ3v) is 5.54. The van der Waals surface area contributed by atoms with E-state index in [0.717, 1.165) is 35.2 Å². The molecule has 1 unspecified atom stereocenters. The van der Waals surface area contributed by atoms with Crippen molar-refractivity contribution in [1.82, 2.24) is 9.88 Å². The largest absolute Gasteiger partial charge is 0.497 e. The van der Waals surface area contributed by atoms with Crippen LogP contribution in [0.5, 0.6) is 5.75 Å². The molecule has 2 aromatic rings. The molecule has 1 saturated carbocycles. The quantitative estimate of drug-likeness (QED) is 0.768. The fraction of sp³-hybridized carbons (Fsp3) is 0.524. The van der Waals surface area contributed by atoms with Crippen molar-refractivity contribution in [2.24, 2.45) is 0 Å². The first-order valence-electron chi connectivity index (χ1n) is 9.63. The molecule has 0 spiro atoms. The van der Waals surface area contributed by atoms with Gasteiger partial charge in [-0.2, -0.15) is 0 Å². The molecule has 0 aliphatic heterocycles. The molecule has 1 aromatic carbocycles. The van der Waals surface area contributed by atoms with Crippen LogP contribution in [0.25, 0.3) is 10.9 Å². The summed E-state index contributed by atoms with van der Waals surface area (Å²) >= 11 is 0. The molecule has 146 valence electrons. The average Bonchev–Trinajstić information content (AvgIpc) is 3.24. The van der Waals surface area contributed by atoms with E-state index in [4.69, 9.17) is 9.84 Å². The fourth-order valence-corrected chi connectivity index (χ4v) is 4.18.